The third kappa shape index (κ3) is 4.03. The van der Waals surface area contributed by atoms with E-state index in [9.17, 15) is 9.59 Å². The molecule has 1 fully saturated rings. The number of carbonyl (C=O) groups is 2. The standard InChI is InChI=1S/C16H23N3O2/c1-11(2)17-15(20)13-5-4-6-14(18-13)16(21)19-9-7-12(3)8-10-19/h4-6,11-12H,7-10H2,1-3H3,(H,17,20). The van der Waals surface area contributed by atoms with Gasteiger partial charge in [0, 0.05) is 19.1 Å². The lowest BCUT2D eigenvalue weighted by atomic mass is 9.99. The van der Waals surface area contributed by atoms with Gasteiger partial charge >= 0.3 is 0 Å². The van der Waals surface area contributed by atoms with Crippen LogP contribution in [0, 0.1) is 5.92 Å². The first-order chi connectivity index (χ1) is 9.97. The molecule has 21 heavy (non-hydrogen) atoms. The maximum Gasteiger partial charge on any atom is 0.272 e. The molecule has 0 atom stereocenters. The largest absolute Gasteiger partial charge is 0.349 e. The van der Waals surface area contributed by atoms with Gasteiger partial charge in [-0.1, -0.05) is 13.0 Å². The van der Waals surface area contributed by atoms with Crippen LogP contribution in [0.1, 0.15) is 54.6 Å². The van der Waals surface area contributed by atoms with Gasteiger partial charge < -0.3 is 10.2 Å². The zero-order chi connectivity index (χ0) is 15.4. The minimum atomic E-state index is -0.244. The third-order valence-corrected chi connectivity index (χ3v) is 3.69. The maximum absolute atomic E-state index is 12.4. The number of piperidine rings is 1. The number of rotatable bonds is 3. The van der Waals surface area contributed by atoms with E-state index in [1.807, 2.05) is 18.7 Å². The summed E-state index contributed by atoms with van der Waals surface area (Å²) in [6.45, 7) is 7.52. The normalized spacial score (nSPS) is 16.1. The van der Waals surface area contributed by atoms with Crippen LogP contribution in [-0.2, 0) is 0 Å². The summed E-state index contributed by atoms with van der Waals surface area (Å²) in [5.74, 6) is 0.346. The second-order valence-electron chi connectivity index (χ2n) is 6.01. The van der Waals surface area contributed by atoms with Gasteiger partial charge in [0.25, 0.3) is 11.8 Å². The molecule has 2 amide bonds. The van der Waals surface area contributed by atoms with Gasteiger partial charge in [-0.2, -0.15) is 0 Å². The fraction of sp³-hybridized carbons (Fsp3) is 0.562. The van der Waals surface area contributed by atoms with Crippen LogP contribution in [-0.4, -0.2) is 40.8 Å². The van der Waals surface area contributed by atoms with Crippen molar-refractivity contribution in [3.63, 3.8) is 0 Å². The first-order valence-corrected chi connectivity index (χ1v) is 7.54. The average Bonchev–Trinajstić information content (AvgIpc) is 2.47. The highest BCUT2D eigenvalue weighted by Gasteiger charge is 2.23. The highest BCUT2D eigenvalue weighted by Crippen LogP contribution is 2.17. The van der Waals surface area contributed by atoms with Crippen molar-refractivity contribution >= 4 is 11.8 Å². The Labute approximate surface area is 125 Å². The Morgan fingerprint density at radius 3 is 2.48 bits per heavy atom. The number of nitrogens with zero attached hydrogens (tertiary/aromatic N) is 2. The molecule has 5 nitrogen and oxygen atoms in total. The number of pyridine rings is 1. The van der Waals surface area contributed by atoms with Crippen LogP contribution in [0.3, 0.4) is 0 Å². The Balaban J connectivity index is 2.09. The van der Waals surface area contributed by atoms with E-state index in [-0.39, 0.29) is 17.9 Å². The Hall–Kier alpha value is -1.91. The van der Waals surface area contributed by atoms with Crippen LogP contribution in [0.25, 0.3) is 0 Å². The molecule has 1 aliphatic heterocycles. The van der Waals surface area contributed by atoms with Crippen molar-refractivity contribution < 1.29 is 9.59 Å². The Morgan fingerprint density at radius 1 is 1.24 bits per heavy atom. The van der Waals surface area contributed by atoms with Crippen LogP contribution in [0.4, 0.5) is 0 Å². The van der Waals surface area contributed by atoms with Crippen molar-refractivity contribution in [3.05, 3.63) is 29.6 Å². The monoisotopic (exact) mass is 289 g/mol. The third-order valence-electron chi connectivity index (χ3n) is 3.69. The van der Waals surface area contributed by atoms with Crippen molar-refractivity contribution in [1.29, 1.82) is 0 Å². The van der Waals surface area contributed by atoms with Crippen molar-refractivity contribution in [2.45, 2.75) is 39.7 Å². The molecular formula is C16H23N3O2. The van der Waals surface area contributed by atoms with E-state index in [0.717, 1.165) is 25.9 Å². The molecule has 1 aliphatic rings. The molecule has 5 heteroatoms. The van der Waals surface area contributed by atoms with E-state index < -0.39 is 0 Å². The van der Waals surface area contributed by atoms with Crippen molar-refractivity contribution in [2.24, 2.45) is 5.92 Å². The summed E-state index contributed by atoms with van der Waals surface area (Å²) >= 11 is 0. The smallest absolute Gasteiger partial charge is 0.272 e. The van der Waals surface area contributed by atoms with E-state index in [2.05, 4.69) is 17.2 Å². The van der Waals surface area contributed by atoms with E-state index in [0.29, 0.717) is 17.3 Å². The van der Waals surface area contributed by atoms with E-state index in [4.69, 9.17) is 0 Å². The molecule has 1 saturated heterocycles. The molecule has 0 bridgehead atoms. The van der Waals surface area contributed by atoms with Gasteiger partial charge in [0.05, 0.1) is 0 Å². The molecule has 0 saturated carbocycles. The molecule has 0 unspecified atom stereocenters. The summed E-state index contributed by atoms with van der Waals surface area (Å²) in [5.41, 5.74) is 0.640. The average molecular weight is 289 g/mol. The Kier molecular flexibility index (Phi) is 4.94. The minimum absolute atomic E-state index is 0.0437. The quantitative estimate of drug-likeness (QED) is 0.927. The van der Waals surface area contributed by atoms with Gasteiger partial charge in [0.1, 0.15) is 11.4 Å². The van der Waals surface area contributed by atoms with Crippen LogP contribution in [0.15, 0.2) is 18.2 Å². The van der Waals surface area contributed by atoms with Crippen molar-refractivity contribution in [1.82, 2.24) is 15.2 Å². The van der Waals surface area contributed by atoms with Gasteiger partial charge in [-0.25, -0.2) is 4.98 Å². The first kappa shape index (κ1) is 15.5. The molecule has 0 spiro atoms. The molecule has 1 N–H and O–H groups in total. The molecule has 1 aromatic heterocycles. The molecule has 2 rings (SSSR count). The maximum atomic E-state index is 12.4. The highest BCUT2D eigenvalue weighted by atomic mass is 16.2. The van der Waals surface area contributed by atoms with Gasteiger partial charge in [-0.15, -0.1) is 0 Å². The predicted octanol–water partition coefficient (Wildman–Crippen LogP) is 2.09. The van der Waals surface area contributed by atoms with E-state index >= 15 is 0 Å². The summed E-state index contributed by atoms with van der Waals surface area (Å²) < 4.78 is 0. The summed E-state index contributed by atoms with van der Waals surface area (Å²) in [7, 11) is 0. The van der Waals surface area contributed by atoms with Crippen LogP contribution < -0.4 is 5.32 Å². The lowest BCUT2D eigenvalue weighted by Gasteiger charge is -2.30. The molecule has 2 heterocycles. The first-order valence-electron chi connectivity index (χ1n) is 7.54. The summed E-state index contributed by atoms with van der Waals surface area (Å²) in [5, 5.41) is 2.78. The molecular weight excluding hydrogens is 266 g/mol. The summed E-state index contributed by atoms with van der Waals surface area (Å²) in [6, 6.07) is 5.06. The van der Waals surface area contributed by atoms with Crippen molar-refractivity contribution in [2.75, 3.05) is 13.1 Å². The lowest BCUT2D eigenvalue weighted by molar-refractivity contribution is 0.0691. The number of likely N-dealkylation sites (tertiary alicyclic amines) is 1. The van der Waals surface area contributed by atoms with Crippen LogP contribution in [0.5, 0.6) is 0 Å². The van der Waals surface area contributed by atoms with E-state index in [1.165, 1.54) is 0 Å². The number of aromatic nitrogens is 1. The Bertz CT molecular complexity index is 520. The number of amides is 2. The zero-order valence-corrected chi connectivity index (χ0v) is 12.9. The number of hydrogen-bond acceptors (Lipinski definition) is 3. The van der Waals surface area contributed by atoms with Gasteiger partial charge in [-0.05, 0) is 44.7 Å². The SMILES string of the molecule is CC1CCN(C(=O)c2cccc(C(=O)NC(C)C)n2)CC1. The molecule has 114 valence electrons. The summed E-state index contributed by atoms with van der Waals surface area (Å²) in [6.07, 6.45) is 2.05. The van der Waals surface area contributed by atoms with Crippen molar-refractivity contribution in [3.8, 4) is 0 Å². The van der Waals surface area contributed by atoms with Gasteiger partial charge in [0.2, 0.25) is 0 Å². The topological polar surface area (TPSA) is 62.3 Å². The number of carbonyl (C=O) groups excluding carboxylic acids is 2. The molecule has 0 aliphatic carbocycles. The zero-order valence-electron chi connectivity index (χ0n) is 12.9. The fourth-order valence-electron chi connectivity index (χ4n) is 2.39. The second-order valence-corrected chi connectivity index (χ2v) is 6.01. The van der Waals surface area contributed by atoms with E-state index in [1.54, 1.807) is 18.2 Å². The molecule has 0 radical (unpaired) electrons. The molecule has 1 aromatic rings. The minimum Gasteiger partial charge on any atom is -0.349 e. The molecule has 0 aromatic carbocycles. The lowest BCUT2D eigenvalue weighted by Crippen LogP contribution is -2.38. The predicted molar refractivity (Wildman–Crippen MR) is 81.1 cm³/mol. The fourth-order valence-corrected chi connectivity index (χ4v) is 2.39. The van der Waals surface area contributed by atoms with Gasteiger partial charge in [-0.3, -0.25) is 9.59 Å². The second kappa shape index (κ2) is 6.70. The highest BCUT2D eigenvalue weighted by molar-refractivity contribution is 5.96. The number of hydrogen-bond donors (Lipinski definition) is 1. The van der Waals surface area contributed by atoms with Crippen LogP contribution >= 0.6 is 0 Å². The van der Waals surface area contributed by atoms with Gasteiger partial charge in [0.15, 0.2) is 0 Å². The Morgan fingerprint density at radius 2 is 1.86 bits per heavy atom. The summed E-state index contributed by atoms with van der Waals surface area (Å²) in [4.78, 5) is 30.4. The van der Waals surface area contributed by atoms with Crippen LogP contribution in [0.2, 0.25) is 0 Å². The number of nitrogens with one attached hydrogen (secondary N) is 1.